The van der Waals surface area contributed by atoms with Gasteiger partial charge in [-0.2, -0.15) is 0 Å². The monoisotopic (exact) mass is 452 g/mol. The molecule has 4 aromatic rings. The Balaban J connectivity index is 2.26. The largest absolute Gasteiger partial charge is 0.372 e. The summed E-state index contributed by atoms with van der Waals surface area (Å²) in [7, 11) is 3.14. The first kappa shape index (κ1) is 23.2. The number of rotatable bonds is 4. The van der Waals surface area contributed by atoms with Crippen molar-refractivity contribution >= 4 is 10.8 Å². The molecule has 0 aliphatic heterocycles. The van der Waals surface area contributed by atoms with E-state index in [1.807, 2.05) is 60.7 Å². The van der Waals surface area contributed by atoms with Crippen LogP contribution in [0.15, 0.2) is 72.8 Å². The molecule has 2 nitrogen and oxygen atoms in total. The fraction of sp³-hybridized carbons (Fsp3) is 0.133. The smallest absolute Gasteiger partial charge is 0.159 e. The highest BCUT2D eigenvalue weighted by Gasteiger charge is 2.22. The number of methoxy groups -OCH3 is 2. The van der Waals surface area contributed by atoms with Gasteiger partial charge in [0.25, 0.3) is 0 Å². The average Bonchev–Trinajstić information content (AvgIpc) is 2.86. The predicted molar refractivity (Wildman–Crippen MR) is 132 cm³/mol. The molecule has 168 valence electrons. The van der Waals surface area contributed by atoms with Crippen LogP contribution in [-0.2, 0) is 9.47 Å². The number of hydrogen-bond acceptors (Lipinski definition) is 2. The minimum atomic E-state index is -0.919. The molecule has 0 aliphatic rings. The van der Waals surface area contributed by atoms with Crippen molar-refractivity contribution in [3.63, 3.8) is 0 Å². The summed E-state index contributed by atoms with van der Waals surface area (Å²) in [5.74, 6) is 10.6. The van der Waals surface area contributed by atoms with Gasteiger partial charge >= 0.3 is 0 Å². The van der Waals surface area contributed by atoms with Crippen LogP contribution in [0.1, 0.15) is 11.1 Å². The van der Waals surface area contributed by atoms with E-state index in [2.05, 4.69) is 23.7 Å². The molecule has 0 heterocycles. The SMILES string of the molecule is COCC#Cc1c(C#CCOC)c(-c2ccccc2)c2cc(F)c(F)cc2c1-c1ccccc1. The number of fused-ring (bicyclic) bond motifs is 1. The summed E-state index contributed by atoms with van der Waals surface area (Å²) < 4.78 is 39.5. The van der Waals surface area contributed by atoms with Gasteiger partial charge in [0.2, 0.25) is 0 Å². The van der Waals surface area contributed by atoms with Gasteiger partial charge in [0, 0.05) is 36.5 Å². The fourth-order valence-corrected chi connectivity index (χ4v) is 3.93. The molecule has 0 spiro atoms. The van der Waals surface area contributed by atoms with Crippen molar-refractivity contribution in [2.45, 2.75) is 0 Å². The lowest BCUT2D eigenvalue weighted by Gasteiger charge is -2.18. The van der Waals surface area contributed by atoms with Crippen molar-refractivity contribution in [3.05, 3.63) is 95.6 Å². The Morgan fingerprint density at radius 1 is 0.618 bits per heavy atom. The first-order valence-electron chi connectivity index (χ1n) is 10.7. The summed E-state index contributed by atoms with van der Waals surface area (Å²) in [6.45, 7) is 0.436. The highest BCUT2D eigenvalue weighted by atomic mass is 19.2. The van der Waals surface area contributed by atoms with E-state index in [0.29, 0.717) is 33.0 Å². The topological polar surface area (TPSA) is 18.5 Å². The highest BCUT2D eigenvalue weighted by Crippen LogP contribution is 2.42. The lowest BCUT2D eigenvalue weighted by molar-refractivity contribution is 0.239. The van der Waals surface area contributed by atoms with Gasteiger partial charge in [-0.25, -0.2) is 8.78 Å². The Labute approximate surface area is 198 Å². The van der Waals surface area contributed by atoms with Gasteiger partial charge in [0.05, 0.1) is 0 Å². The second-order valence-electron chi connectivity index (χ2n) is 7.51. The Kier molecular flexibility index (Phi) is 7.35. The molecule has 4 aromatic carbocycles. The molecule has 0 saturated carbocycles. The van der Waals surface area contributed by atoms with Crippen molar-refractivity contribution < 1.29 is 18.3 Å². The van der Waals surface area contributed by atoms with Crippen molar-refractivity contribution in [3.8, 4) is 45.9 Å². The first-order chi connectivity index (χ1) is 16.7. The van der Waals surface area contributed by atoms with Gasteiger partial charge in [-0.3, -0.25) is 0 Å². The van der Waals surface area contributed by atoms with Crippen LogP contribution in [-0.4, -0.2) is 27.4 Å². The Bertz CT molecular complexity index is 1330. The molecule has 4 rings (SSSR count). The van der Waals surface area contributed by atoms with Crippen molar-refractivity contribution in [2.24, 2.45) is 0 Å². The van der Waals surface area contributed by atoms with Gasteiger partial charge in [0.15, 0.2) is 11.6 Å². The van der Waals surface area contributed by atoms with E-state index < -0.39 is 11.6 Å². The van der Waals surface area contributed by atoms with Gasteiger partial charge in [-0.15, -0.1) is 0 Å². The quantitative estimate of drug-likeness (QED) is 0.332. The van der Waals surface area contributed by atoms with E-state index in [4.69, 9.17) is 9.47 Å². The van der Waals surface area contributed by atoms with Crippen molar-refractivity contribution in [2.75, 3.05) is 27.4 Å². The number of halogens is 2. The van der Waals surface area contributed by atoms with Gasteiger partial charge < -0.3 is 9.47 Å². The van der Waals surface area contributed by atoms with Crippen LogP contribution in [0, 0.1) is 35.3 Å². The Morgan fingerprint density at radius 3 is 1.35 bits per heavy atom. The van der Waals surface area contributed by atoms with E-state index >= 15 is 0 Å². The zero-order valence-electron chi connectivity index (χ0n) is 18.9. The third-order valence-corrected chi connectivity index (χ3v) is 5.33. The Hall–Kier alpha value is -3.96. The summed E-state index contributed by atoms with van der Waals surface area (Å²) in [6, 6.07) is 21.6. The maximum absolute atomic E-state index is 14.6. The van der Waals surface area contributed by atoms with Crippen LogP contribution in [0.4, 0.5) is 8.78 Å². The summed E-state index contributed by atoms with van der Waals surface area (Å²) >= 11 is 0. The molecular weight excluding hydrogens is 430 g/mol. The average molecular weight is 453 g/mol. The van der Waals surface area contributed by atoms with Crippen LogP contribution < -0.4 is 0 Å². The van der Waals surface area contributed by atoms with Crippen molar-refractivity contribution in [1.29, 1.82) is 0 Å². The second kappa shape index (κ2) is 10.8. The summed E-state index contributed by atoms with van der Waals surface area (Å²) in [5.41, 5.74) is 4.30. The van der Waals surface area contributed by atoms with E-state index in [1.54, 1.807) is 14.2 Å². The molecule has 34 heavy (non-hydrogen) atoms. The normalized spacial score (nSPS) is 10.4. The van der Waals surface area contributed by atoms with E-state index in [1.165, 1.54) is 12.1 Å². The van der Waals surface area contributed by atoms with E-state index in [9.17, 15) is 8.78 Å². The number of hydrogen-bond donors (Lipinski definition) is 0. The standard InChI is InChI=1S/C30H22F2O2/c1-33-17-9-15-23-24(16-10-18-34-2)30(22-13-7-4-8-14-22)26-20-28(32)27(31)19-25(26)29(23)21-11-5-3-6-12-21/h3-8,11-14,19-20H,17-18H2,1-2H3. The van der Waals surface area contributed by atoms with Crippen LogP contribution in [0.5, 0.6) is 0 Å². The fourth-order valence-electron chi connectivity index (χ4n) is 3.93. The molecule has 4 heteroatoms. The molecule has 0 atom stereocenters. The Morgan fingerprint density at radius 2 is 1.00 bits per heavy atom. The van der Waals surface area contributed by atoms with Crippen LogP contribution in [0.2, 0.25) is 0 Å². The van der Waals surface area contributed by atoms with Gasteiger partial charge in [0.1, 0.15) is 13.2 Å². The molecule has 0 saturated heterocycles. The van der Waals surface area contributed by atoms with Crippen LogP contribution >= 0.6 is 0 Å². The molecule has 0 aromatic heterocycles. The first-order valence-corrected chi connectivity index (χ1v) is 10.7. The van der Waals surface area contributed by atoms with Gasteiger partial charge in [-0.1, -0.05) is 84.3 Å². The molecule has 0 bridgehead atoms. The van der Waals surface area contributed by atoms with Crippen LogP contribution in [0.25, 0.3) is 33.0 Å². The zero-order valence-corrected chi connectivity index (χ0v) is 18.9. The molecule has 0 N–H and O–H groups in total. The third-order valence-electron chi connectivity index (χ3n) is 5.33. The number of ether oxygens (including phenoxy) is 2. The minimum absolute atomic E-state index is 0.218. The molecule has 0 unspecified atom stereocenters. The zero-order chi connectivity index (χ0) is 23.9. The summed E-state index contributed by atoms with van der Waals surface area (Å²) in [5, 5.41) is 1.12. The molecular formula is C30H22F2O2. The van der Waals surface area contributed by atoms with Crippen LogP contribution in [0.3, 0.4) is 0 Å². The molecule has 0 radical (unpaired) electrons. The number of benzene rings is 4. The summed E-state index contributed by atoms with van der Waals surface area (Å²) in [4.78, 5) is 0. The lowest BCUT2D eigenvalue weighted by Crippen LogP contribution is -2.00. The van der Waals surface area contributed by atoms with E-state index in [0.717, 1.165) is 11.1 Å². The van der Waals surface area contributed by atoms with Crippen molar-refractivity contribution in [1.82, 2.24) is 0 Å². The lowest BCUT2D eigenvalue weighted by atomic mass is 9.83. The highest BCUT2D eigenvalue weighted by molar-refractivity contribution is 6.10. The molecule has 0 aliphatic carbocycles. The third kappa shape index (κ3) is 4.70. The second-order valence-corrected chi connectivity index (χ2v) is 7.51. The maximum atomic E-state index is 14.6. The van der Waals surface area contributed by atoms with Gasteiger partial charge in [-0.05, 0) is 34.0 Å². The van der Waals surface area contributed by atoms with E-state index in [-0.39, 0.29) is 13.2 Å². The predicted octanol–water partition coefficient (Wildman–Crippen LogP) is 6.45. The minimum Gasteiger partial charge on any atom is -0.372 e. The maximum Gasteiger partial charge on any atom is 0.159 e. The molecule has 0 amide bonds. The summed E-state index contributed by atoms with van der Waals surface area (Å²) in [6.07, 6.45) is 0. The molecule has 0 fully saturated rings.